The van der Waals surface area contributed by atoms with Crippen LogP contribution < -0.4 is 10.1 Å². The molecule has 0 aliphatic heterocycles. The summed E-state index contributed by atoms with van der Waals surface area (Å²) in [5, 5.41) is 20.9. The van der Waals surface area contributed by atoms with Gasteiger partial charge in [0.25, 0.3) is 0 Å². The molecule has 0 radical (unpaired) electrons. The highest BCUT2D eigenvalue weighted by Crippen LogP contribution is 2.15. The van der Waals surface area contributed by atoms with Gasteiger partial charge in [-0.1, -0.05) is 13.3 Å². The van der Waals surface area contributed by atoms with Crippen LogP contribution in [0.15, 0.2) is 24.3 Å². The number of hydrogen-bond donors (Lipinski definition) is 3. The van der Waals surface area contributed by atoms with Crippen molar-refractivity contribution in [3.63, 3.8) is 0 Å². The number of nitrogens with one attached hydrogen (secondary N) is 1. The number of ether oxygens (including phenoxy) is 1. The number of aliphatic hydroxyl groups is 2. The number of rotatable bonds is 8. The molecule has 0 saturated heterocycles. The Morgan fingerprint density at radius 3 is 2.59 bits per heavy atom. The second kappa shape index (κ2) is 7.92. The summed E-state index contributed by atoms with van der Waals surface area (Å²) >= 11 is 0. The van der Waals surface area contributed by atoms with E-state index in [1.807, 2.05) is 24.3 Å². The predicted molar refractivity (Wildman–Crippen MR) is 68.4 cm³/mol. The SMILES string of the molecule is CCCCOc1ccc(NCC(O)CO)cc1. The molecule has 96 valence electrons. The molecule has 0 fully saturated rings. The molecule has 0 bridgehead atoms. The van der Waals surface area contributed by atoms with Crippen molar-refractivity contribution < 1.29 is 14.9 Å². The molecule has 1 aromatic rings. The first kappa shape index (κ1) is 13.8. The third-order valence-electron chi connectivity index (χ3n) is 2.37. The fourth-order valence-electron chi connectivity index (χ4n) is 1.30. The fourth-order valence-corrected chi connectivity index (χ4v) is 1.30. The topological polar surface area (TPSA) is 61.7 Å². The van der Waals surface area contributed by atoms with Crippen LogP contribution in [0.2, 0.25) is 0 Å². The normalized spacial score (nSPS) is 12.2. The maximum absolute atomic E-state index is 9.18. The standard InChI is InChI=1S/C13H21NO3/c1-2-3-8-17-13-6-4-11(5-7-13)14-9-12(16)10-15/h4-7,12,14-16H,2-3,8-10H2,1H3. The van der Waals surface area contributed by atoms with Crippen LogP contribution in [0.1, 0.15) is 19.8 Å². The minimum absolute atomic E-state index is 0.231. The average Bonchev–Trinajstić information content (AvgIpc) is 2.37. The van der Waals surface area contributed by atoms with E-state index in [0.29, 0.717) is 6.54 Å². The summed E-state index contributed by atoms with van der Waals surface area (Å²) in [6.45, 7) is 2.98. The molecule has 0 heterocycles. The van der Waals surface area contributed by atoms with Crippen LogP contribution in [0.5, 0.6) is 5.75 Å². The summed E-state index contributed by atoms with van der Waals surface area (Å²) < 4.78 is 5.53. The Labute approximate surface area is 102 Å². The van der Waals surface area contributed by atoms with E-state index in [1.54, 1.807) is 0 Å². The van der Waals surface area contributed by atoms with Crippen molar-refractivity contribution >= 4 is 5.69 Å². The molecule has 4 nitrogen and oxygen atoms in total. The minimum atomic E-state index is -0.726. The lowest BCUT2D eigenvalue weighted by molar-refractivity contribution is 0.105. The lowest BCUT2D eigenvalue weighted by Crippen LogP contribution is -2.22. The van der Waals surface area contributed by atoms with E-state index in [1.165, 1.54) is 0 Å². The first-order chi connectivity index (χ1) is 8.26. The zero-order valence-corrected chi connectivity index (χ0v) is 10.2. The van der Waals surface area contributed by atoms with Gasteiger partial charge in [-0.25, -0.2) is 0 Å². The van der Waals surface area contributed by atoms with E-state index in [9.17, 15) is 5.11 Å². The van der Waals surface area contributed by atoms with Crippen LogP contribution in [0, 0.1) is 0 Å². The molecule has 1 unspecified atom stereocenters. The van der Waals surface area contributed by atoms with Gasteiger partial charge in [0.1, 0.15) is 5.75 Å². The number of aliphatic hydroxyl groups excluding tert-OH is 2. The Hall–Kier alpha value is -1.26. The lowest BCUT2D eigenvalue weighted by Gasteiger charge is -2.11. The van der Waals surface area contributed by atoms with Crippen molar-refractivity contribution in [2.75, 3.05) is 25.1 Å². The molecular weight excluding hydrogens is 218 g/mol. The highest BCUT2D eigenvalue weighted by atomic mass is 16.5. The van der Waals surface area contributed by atoms with Gasteiger partial charge in [0, 0.05) is 12.2 Å². The van der Waals surface area contributed by atoms with Crippen molar-refractivity contribution in [1.82, 2.24) is 0 Å². The molecule has 1 atom stereocenters. The highest BCUT2D eigenvalue weighted by Gasteiger charge is 2.01. The van der Waals surface area contributed by atoms with Gasteiger partial charge in [0.2, 0.25) is 0 Å². The third-order valence-corrected chi connectivity index (χ3v) is 2.37. The zero-order chi connectivity index (χ0) is 12.5. The van der Waals surface area contributed by atoms with E-state index in [2.05, 4.69) is 12.2 Å². The first-order valence-electron chi connectivity index (χ1n) is 6.02. The number of hydrogen-bond acceptors (Lipinski definition) is 4. The Balaban J connectivity index is 2.34. The van der Waals surface area contributed by atoms with Crippen molar-refractivity contribution in [2.45, 2.75) is 25.9 Å². The van der Waals surface area contributed by atoms with Gasteiger partial charge < -0.3 is 20.3 Å². The van der Waals surface area contributed by atoms with Gasteiger partial charge in [0.15, 0.2) is 0 Å². The van der Waals surface area contributed by atoms with Crippen molar-refractivity contribution in [3.8, 4) is 5.75 Å². The van der Waals surface area contributed by atoms with Gasteiger partial charge in [-0.15, -0.1) is 0 Å². The Morgan fingerprint density at radius 2 is 2.00 bits per heavy atom. The molecule has 1 aromatic carbocycles. The summed E-state index contributed by atoms with van der Waals surface area (Å²) in [6, 6.07) is 7.57. The van der Waals surface area contributed by atoms with Gasteiger partial charge in [0.05, 0.1) is 19.3 Å². The quantitative estimate of drug-likeness (QED) is 0.603. The smallest absolute Gasteiger partial charge is 0.119 e. The molecule has 4 heteroatoms. The molecule has 0 aliphatic rings. The van der Waals surface area contributed by atoms with Crippen LogP contribution in [-0.2, 0) is 0 Å². The zero-order valence-electron chi connectivity index (χ0n) is 10.2. The van der Waals surface area contributed by atoms with Gasteiger partial charge >= 0.3 is 0 Å². The maximum Gasteiger partial charge on any atom is 0.119 e. The lowest BCUT2D eigenvalue weighted by atomic mass is 10.3. The second-order valence-electron chi connectivity index (χ2n) is 3.94. The average molecular weight is 239 g/mol. The molecule has 0 spiro atoms. The van der Waals surface area contributed by atoms with Gasteiger partial charge in [-0.2, -0.15) is 0 Å². The second-order valence-corrected chi connectivity index (χ2v) is 3.94. The van der Waals surface area contributed by atoms with E-state index in [-0.39, 0.29) is 6.61 Å². The van der Waals surface area contributed by atoms with Gasteiger partial charge in [-0.05, 0) is 30.7 Å². The fraction of sp³-hybridized carbons (Fsp3) is 0.538. The van der Waals surface area contributed by atoms with Crippen LogP contribution in [-0.4, -0.2) is 36.1 Å². The Bertz CT molecular complexity index is 300. The largest absolute Gasteiger partial charge is 0.494 e. The number of unbranched alkanes of at least 4 members (excludes halogenated alkanes) is 1. The van der Waals surface area contributed by atoms with Crippen LogP contribution >= 0.6 is 0 Å². The monoisotopic (exact) mass is 239 g/mol. The van der Waals surface area contributed by atoms with Crippen LogP contribution in [0.3, 0.4) is 0 Å². The number of anilines is 1. The summed E-state index contributed by atoms with van der Waals surface area (Å²) in [5.74, 6) is 0.853. The summed E-state index contributed by atoms with van der Waals surface area (Å²) in [4.78, 5) is 0. The number of benzene rings is 1. The summed E-state index contributed by atoms with van der Waals surface area (Å²) in [7, 11) is 0. The predicted octanol–water partition coefficient (Wildman–Crippen LogP) is 1.63. The van der Waals surface area contributed by atoms with Crippen molar-refractivity contribution in [3.05, 3.63) is 24.3 Å². The Morgan fingerprint density at radius 1 is 1.29 bits per heavy atom. The van der Waals surface area contributed by atoms with Crippen LogP contribution in [0.4, 0.5) is 5.69 Å². The molecule has 1 rings (SSSR count). The molecule has 0 saturated carbocycles. The molecule has 0 aromatic heterocycles. The third kappa shape index (κ3) is 5.56. The van der Waals surface area contributed by atoms with Crippen molar-refractivity contribution in [1.29, 1.82) is 0 Å². The van der Waals surface area contributed by atoms with Gasteiger partial charge in [-0.3, -0.25) is 0 Å². The molecular formula is C13H21NO3. The molecule has 3 N–H and O–H groups in total. The van der Waals surface area contributed by atoms with Crippen molar-refractivity contribution in [2.24, 2.45) is 0 Å². The van der Waals surface area contributed by atoms with Crippen LogP contribution in [0.25, 0.3) is 0 Å². The highest BCUT2D eigenvalue weighted by molar-refractivity contribution is 5.46. The maximum atomic E-state index is 9.18. The molecule has 0 aliphatic carbocycles. The first-order valence-corrected chi connectivity index (χ1v) is 6.02. The molecule has 0 amide bonds. The van der Waals surface area contributed by atoms with E-state index in [0.717, 1.165) is 30.9 Å². The summed E-state index contributed by atoms with van der Waals surface area (Å²) in [5.41, 5.74) is 0.903. The van der Waals surface area contributed by atoms with E-state index >= 15 is 0 Å². The summed E-state index contributed by atoms with van der Waals surface area (Å²) in [6.07, 6.45) is 1.46. The van der Waals surface area contributed by atoms with E-state index in [4.69, 9.17) is 9.84 Å². The Kier molecular flexibility index (Phi) is 6.43. The molecule has 17 heavy (non-hydrogen) atoms. The van der Waals surface area contributed by atoms with E-state index < -0.39 is 6.10 Å². The minimum Gasteiger partial charge on any atom is -0.494 e.